The number of nitrogens with one attached hydrogen (secondary N) is 1. The number of benzene rings is 2. The molecule has 0 atom stereocenters. The Kier molecular flexibility index (Phi) is 4.03. The summed E-state index contributed by atoms with van der Waals surface area (Å²) in [5, 5.41) is 4.88. The molecular formula is C19H16N4OS. The van der Waals surface area contributed by atoms with Crippen LogP contribution in [0.5, 0.6) is 0 Å². The molecule has 0 aliphatic carbocycles. The lowest BCUT2D eigenvalue weighted by molar-refractivity contribution is -0.116. The van der Waals surface area contributed by atoms with Crippen molar-refractivity contribution in [3.8, 4) is 11.5 Å². The molecule has 0 aliphatic heterocycles. The number of thiazole rings is 1. The van der Waals surface area contributed by atoms with Gasteiger partial charge in [-0.1, -0.05) is 29.8 Å². The standard InChI is InChI=1S/C19H16N4OS/c1-13-6-8-14(9-7-13)21-18(24)10-23-17-5-3-2-4-15(17)22-19(23)16-11-25-12-20-16/h2-9,11-12H,10H2,1H3,(H,21,24). The normalized spacial score (nSPS) is 10.9. The van der Waals surface area contributed by atoms with Crippen LogP contribution in [0.25, 0.3) is 22.6 Å². The van der Waals surface area contributed by atoms with E-state index in [1.54, 1.807) is 5.51 Å². The molecule has 1 N–H and O–H groups in total. The van der Waals surface area contributed by atoms with Crippen LogP contribution >= 0.6 is 11.3 Å². The summed E-state index contributed by atoms with van der Waals surface area (Å²) >= 11 is 1.51. The third-order valence-corrected chi connectivity index (χ3v) is 4.54. The number of hydrogen-bond acceptors (Lipinski definition) is 4. The SMILES string of the molecule is Cc1ccc(NC(=O)Cn2c(-c3cscn3)nc3ccccc32)cc1. The summed E-state index contributed by atoms with van der Waals surface area (Å²) in [6, 6.07) is 15.6. The second kappa shape index (κ2) is 6.49. The van der Waals surface area contributed by atoms with E-state index in [-0.39, 0.29) is 12.5 Å². The Labute approximate surface area is 149 Å². The minimum atomic E-state index is -0.0940. The third-order valence-electron chi connectivity index (χ3n) is 3.95. The predicted molar refractivity (Wildman–Crippen MR) is 101 cm³/mol. The molecule has 0 spiro atoms. The molecule has 2 heterocycles. The van der Waals surface area contributed by atoms with Crippen LogP contribution in [0.4, 0.5) is 5.69 Å². The van der Waals surface area contributed by atoms with Crippen LogP contribution in [-0.2, 0) is 11.3 Å². The number of nitrogens with zero attached hydrogens (tertiary/aromatic N) is 3. The van der Waals surface area contributed by atoms with Crippen molar-refractivity contribution in [3.63, 3.8) is 0 Å². The number of imidazole rings is 1. The molecule has 25 heavy (non-hydrogen) atoms. The average Bonchev–Trinajstić information content (AvgIpc) is 3.25. The van der Waals surface area contributed by atoms with E-state index < -0.39 is 0 Å². The second-order valence-electron chi connectivity index (χ2n) is 5.80. The van der Waals surface area contributed by atoms with E-state index in [9.17, 15) is 4.79 Å². The number of para-hydroxylation sites is 2. The molecule has 0 radical (unpaired) electrons. The highest BCUT2D eigenvalue weighted by Crippen LogP contribution is 2.24. The second-order valence-corrected chi connectivity index (χ2v) is 6.52. The molecule has 0 saturated carbocycles. The van der Waals surface area contributed by atoms with E-state index in [1.807, 2.05) is 65.4 Å². The lowest BCUT2D eigenvalue weighted by Crippen LogP contribution is -2.19. The van der Waals surface area contributed by atoms with Crippen molar-refractivity contribution >= 4 is 34.0 Å². The molecule has 0 saturated heterocycles. The van der Waals surface area contributed by atoms with Crippen LogP contribution < -0.4 is 5.32 Å². The van der Waals surface area contributed by atoms with Gasteiger partial charge in [0.25, 0.3) is 0 Å². The lowest BCUT2D eigenvalue weighted by atomic mass is 10.2. The molecule has 6 heteroatoms. The number of hydrogen-bond donors (Lipinski definition) is 1. The fourth-order valence-electron chi connectivity index (χ4n) is 2.74. The van der Waals surface area contributed by atoms with Gasteiger partial charge in [-0.3, -0.25) is 4.79 Å². The number of aryl methyl sites for hydroxylation is 1. The maximum Gasteiger partial charge on any atom is 0.244 e. The fraction of sp³-hybridized carbons (Fsp3) is 0.105. The first-order chi connectivity index (χ1) is 12.2. The van der Waals surface area contributed by atoms with Gasteiger partial charge in [0.1, 0.15) is 12.2 Å². The molecular weight excluding hydrogens is 332 g/mol. The summed E-state index contributed by atoms with van der Waals surface area (Å²) in [4.78, 5) is 21.6. The molecule has 1 amide bonds. The fourth-order valence-corrected chi connectivity index (χ4v) is 3.27. The summed E-state index contributed by atoms with van der Waals surface area (Å²) in [5.41, 5.74) is 6.27. The van der Waals surface area contributed by atoms with Crippen LogP contribution in [0.2, 0.25) is 0 Å². The van der Waals surface area contributed by atoms with Gasteiger partial charge in [0.05, 0.1) is 16.5 Å². The summed E-state index contributed by atoms with van der Waals surface area (Å²) < 4.78 is 1.91. The zero-order valence-corrected chi connectivity index (χ0v) is 14.5. The van der Waals surface area contributed by atoms with E-state index in [0.717, 1.165) is 28.0 Å². The Bertz CT molecular complexity index is 1020. The van der Waals surface area contributed by atoms with E-state index in [1.165, 1.54) is 11.3 Å². The van der Waals surface area contributed by atoms with Gasteiger partial charge >= 0.3 is 0 Å². The molecule has 4 aromatic rings. The number of aromatic nitrogens is 3. The van der Waals surface area contributed by atoms with Gasteiger partial charge in [-0.15, -0.1) is 11.3 Å². The van der Waals surface area contributed by atoms with Crippen LogP contribution in [0.1, 0.15) is 5.56 Å². The van der Waals surface area contributed by atoms with Gasteiger partial charge in [-0.2, -0.15) is 0 Å². The number of carbonyl (C=O) groups excluding carboxylic acids is 1. The van der Waals surface area contributed by atoms with Crippen LogP contribution in [0.15, 0.2) is 59.4 Å². The van der Waals surface area contributed by atoms with Gasteiger partial charge in [-0.05, 0) is 31.2 Å². The minimum absolute atomic E-state index is 0.0940. The summed E-state index contributed by atoms with van der Waals surface area (Å²) in [7, 11) is 0. The van der Waals surface area contributed by atoms with E-state index in [2.05, 4.69) is 15.3 Å². The maximum absolute atomic E-state index is 12.6. The number of anilines is 1. The highest BCUT2D eigenvalue weighted by molar-refractivity contribution is 7.07. The number of rotatable bonds is 4. The van der Waals surface area contributed by atoms with Gasteiger partial charge < -0.3 is 9.88 Å². The van der Waals surface area contributed by atoms with Crippen LogP contribution in [0, 0.1) is 6.92 Å². The average molecular weight is 348 g/mol. The monoisotopic (exact) mass is 348 g/mol. The van der Waals surface area contributed by atoms with E-state index in [0.29, 0.717) is 5.82 Å². The van der Waals surface area contributed by atoms with Crippen molar-refractivity contribution in [3.05, 3.63) is 65.0 Å². The Morgan fingerprint density at radius 3 is 2.72 bits per heavy atom. The largest absolute Gasteiger partial charge is 0.325 e. The molecule has 0 aliphatic rings. The number of fused-ring (bicyclic) bond motifs is 1. The topological polar surface area (TPSA) is 59.8 Å². The van der Waals surface area contributed by atoms with Crippen LogP contribution in [0.3, 0.4) is 0 Å². The Morgan fingerprint density at radius 1 is 1.16 bits per heavy atom. The van der Waals surface area contributed by atoms with E-state index in [4.69, 9.17) is 0 Å². The predicted octanol–water partition coefficient (Wildman–Crippen LogP) is 4.11. The van der Waals surface area contributed by atoms with Gasteiger partial charge in [0.2, 0.25) is 5.91 Å². The lowest BCUT2D eigenvalue weighted by Gasteiger charge is -2.09. The summed E-state index contributed by atoms with van der Waals surface area (Å²) in [5.74, 6) is 0.616. The minimum Gasteiger partial charge on any atom is -0.325 e. The number of amides is 1. The molecule has 5 nitrogen and oxygen atoms in total. The first-order valence-corrected chi connectivity index (χ1v) is 8.85. The molecule has 2 aromatic carbocycles. The van der Waals surface area contributed by atoms with Crippen LogP contribution in [-0.4, -0.2) is 20.4 Å². The van der Waals surface area contributed by atoms with Gasteiger partial charge in [-0.25, -0.2) is 9.97 Å². The Balaban J connectivity index is 1.67. The first kappa shape index (κ1) is 15.5. The van der Waals surface area contributed by atoms with Crippen molar-refractivity contribution in [2.24, 2.45) is 0 Å². The molecule has 4 rings (SSSR count). The number of carbonyl (C=O) groups is 1. The van der Waals surface area contributed by atoms with Crippen molar-refractivity contribution in [1.29, 1.82) is 0 Å². The molecule has 0 unspecified atom stereocenters. The van der Waals surface area contributed by atoms with Crippen molar-refractivity contribution in [2.75, 3.05) is 5.32 Å². The van der Waals surface area contributed by atoms with Crippen molar-refractivity contribution < 1.29 is 4.79 Å². The van der Waals surface area contributed by atoms with Gasteiger partial charge in [0.15, 0.2) is 5.82 Å². The molecule has 0 fully saturated rings. The highest BCUT2D eigenvalue weighted by Gasteiger charge is 2.16. The Hall–Kier alpha value is -2.99. The zero-order chi connectivity index (χ0) is 17.2. The summed E-state index contributed by atoms with van der Waals surface area (Å²) in [6.07, 6.45) is 0. The quantitative estimate of drug-likeness (QED) is 0.604. The highest BCUT2D eigenvalue weighted by atomic mass is 32.1. The van der Waals surface area contributed by atoms with Crippen molar-refractivity contribution in [2.45, 2.75) is 13.5 Å². The Morgan fingerprint density at radius 2 is 1.96 bits per heavy atom. The van der Waals surface area contributed by atoms with Crippen molar-refractivity contribution in [1.82, 2.24) is 14.5 Å². The third kappa shape index (κ3) is 3.16. The molecule has 2 aromatic heterocycles. The summed E-state index contributed by atoms with van der Waals surface area (Å²) in [6.45, 7) is 2.20. The zero-order valence-electron chi connectivity index (χ0n) is 13.6. The van der Waals surface area contributed by atoms with E-state index >= 15 is 0 Å². The first-order valence-electron chi connectivity index (χ1n) is 7.91. The maximum atomic E-state index is 12.6. The molecule has 124 valence electrons. The molecule has 0 bridgehead atoms. The smallest absolute Gasteiger partial charge is 0.244 e. The van der Waals surface area contributed by atoms with Gasteiger partial charge in [0, 0.05) is 11.1 Å².